The number of aromatic amines is 1. The second-order valence-corrected chi connectivity index (χ2v) is 3.66. The van der Waals surface area contributed by atoms with Gasteiger partial charge in [0, 0.05) is 11.4 Å². The molecule has 0 aliphatic rings. The molecule has 1 aromatic rings. The summed E-state index contributed by atoms with van der Waals surface area (Å²) in [5.41, 5.74) is 2.69. The largest absolute Gasteiger partial charge is 0.462 e. The van der Waals surface area contributed by atoms with Crippen molar-refractivity contribution in [2.45, 2.75) is 40.0 Å². The Bertz CT molecular complexity index is 328. The van der Waals surface area contributed by atoms with Crippen molar-refractivity contribution in [2.24, 2.45) is 0 Å². The van der Waals surface area contributed by atoms with Crippen molar-refractivity contribution >= 4 is 5.97 Å². The van der Waals surface area contributed by atoms with Crippen LogP contribution in [0.4, 0.5) is 0 Å². The van der Waals surface area contributed by atoms with Gasteiger partial charge in [0.1, 0.15) is 0 Å². The molecule has 0 amide bonds. The Labute approximate surface area is 90.8 Å². The fourth-order valence-corrected chi connectivity index (χ4v) is 1.55. The molecule has 0 spiro atoms. The van der Waals surface area contributed by atoms with Gasteiger partial charge in [0.25, 0.3) is 0 Å². The van der Waals surface area contributed by atoms with Crippen LogP contribution in [0.15, 0.2) is 6.07 Å². The van der Waals surface area contributed by atoms with Gasteiger partial charge in [-0.25, -0.2) is 4.79 Å². The maximum Gasteiger partial charge on any atom is 0.339 e. The Morgan fingerprint density at radius 1 is 1.47 bits per heavy atom. The van der Waals surface area contributed by atoms with Gasteiger partial charge in [-0.2, -0.15) is 0 Å². The molecule has 3 heteroatoms. The molecule has 0 fully saturated rings. The van der Waals surface area contributed by atoms with Gasteiger partial charge in [-0.3, -0.25) is 0 Å². The van der Waals surface area contributed by atoms with Gasteiger partial charge in [-0.15, -0.1) is 0 Å². The van der Waals surface area contributed by atoms with Crippen LogP contribution in [0.1, 0.15) is 48.4 Å². The quantitative estimate of drug-likeness (QED) is 0.758. The van der Waals surface area contributed by atoms with E-state index >= 15 is 0 Å². The zero-order valence-electron chi connectivity index (χ0n) is 9.72. The Morgan fingerprint density at radius 3 is 2.80 bits per heavy atom. The van der Waals surface area contributed by atoms with Crippen LogP contribution in [0, 0.1) is 6.92 Å². The maximum atomic E-state index is 11.5. The molecule has 0 saturated heterocycles. The summed E-state index contributed by atoms with van der Waals surface area (Å²) in [4.78, 5) is 14.7. The molecule has 1 rings (SSSR count). The number of carbonyl (C=O) groups excluding carboxylic acids is 1. The highest BCUT2D eigenvalue weighted by atomic mass is 16.5. The minimum Gasteiger partial charge on any atom is -0.462 e. The van der Waals surface area contributed by atoms with E-state index in [1.54, 1.807) is 0 Å². The molecule has 15 heavy (non-hydrogen) atoms. The summed E-state index contributed by atoms with van der Waals surface area (Å²) in [6.45, 7) is 6.30. The summed E-state index contributed by atoms with van der Waals surface area (Å²) in [5, 5.41) is 0. The van der Waals surface area contributed by atoms with Gasteiger partial charge in [-0.05, 0) is 32.8 Å². The molecule has 0 radical (unpaired) electrons. The van der Waals surface area contributed by atoms with E-state index in [9.17, 15) is 4.79 Å². The summed E-state index contributed by atoms with van der Waals surface area (Å²) in [5.74, 6) is -0.228. The third-order valence-corrected chi connectivity index (χ3v) is 2.37. The predicted octanol–water partition coefficient (Wildman–Crippen LogP) is 2.84. The van der Waals surface area contributed by atoms with Crippen LogP contribution in [0.3, 0.4) is 0 Å². The van der Waals surface area contributed by atoms with Crippen molar-refractivity contribution < 1.29 is 9.53 Å². The normalized spacial score (nSPS) is 10.3. The molecule has 0 atom stereocenters. The summed E-state index contributed by atoms with van der Waals surface area (Å²) in [6, 6.07) is 1.91. The second kappa shape index (κ2) is 5.59. The molecule has 3 nitrogen and oxygen atoms in total. The molecule has 1 N–H and O–H groups in total. The summed E-state index contributed by atoms with van der Waals surface area (Å²) < 4.78 is 4.97. The van der Waals surface area contributed by atoms with Gasteiger partial charge < -0.3 is 9.72 Å². The van der Waals surface area contributed by atoms with Gasteiger partial charge in [0.15, 0.2) is 0 Å². The molecule has 0 bridgehead atoms. The van der Waals surface area contributed by atoms with Gasteiger partial charge in [0.2, 0.25) is 0 Å². The van der Waals surface area contributed by atoms with E-state index in [1.807, 2.05) is 19.9 Å². The lowest BCUT2D eigenvalue weighted by Crippen LogP contribution is -2.04. The number of unbranched alkanes of at least 4 members (excludes halogenated alkanes) is 1. The summed E-state index contributed by atoms with van der Waals surface area (Å²) in [7, 11) is 0. The van der Waals surface area contributed by atoms with Crippen LogP contribution in [0.2, 0.25) is 0 Å². The molecular weight excluding hydrogens is 190 g/mol. The molecule has 1 aromatic heterocycles. The minimum atomic E-state index is -0.228. The standard InChI is InChI=1S/C12H19NO2/c1-4-6-7-10-8-11(9(3)13-10)12(14)15-5-2/h8,13H,4-7H2,1-3H3. The lowest BCUT2D eigenvalue weighted by Gasteiger charge is -1.98. The number of aromatic nitrogens is 1. The fourth-order valence-electron chi connectivity index (χ4n) is 1.55. The van der Waals surface area contributed by atoms with Gasteiger partial charge in [0.05, 0.1) is 12.2 Å². The fraction of sp³-hybridized carbons (Fsp3) is 0.583. The molecule has 0 saturated carbocycles. The van der Waals surface area contributed by atoms with E-state index in [2.05, 4.69) is 11.9 Å². The Balaban J connectivity index is 2.72. The molecule has 0 aliphatic heterocycles. The van der Waals surface area contributed by atoms with Gasteiger partial charge in [-0.1, -0.05) is 13.3 Å². The van der Waals surface area contributed by atoms with Crippen molar-refractivity contribution in [1.82, 2.24) is 4.98 Å². The molecule has 0 aliphatic carbocycles. The van der Waals surface area contributed by atoms with E-state index in [4.69, 9.17) is 4.74 Å². The monoisotopic (exact) mass is 209 g/mol. The maximum absolute atomic E-state index is 11.5. The van der Waals surface area contributed by atoms with Gasteiger partial charge >= 0.3 is 5.97 Å². The highest BCUT2D eigenvalue weighted by molar-refractivity contribution is 5.90. The number of aryl methyl sites for hydroxylation is 2. The first kappa shape index (κ1) is 11.8. The number of ether oxygens (including phenoxy) is 1. The number of rotatable bonds is 5. The van der Waals surface area contributed by atoms with Crippen LogP contribution in [-0.2, 0) is 11.2 Å². The van der Waals surface area contributed by atoms with Crippen molar-refractivity contribution in [1.29, 1.82) is 0 Å². The predicted molar refractivity (Wildman–Crippen MR) is 60.1 cm³/mol. The smallest absolute Gasteiger partial charge is 0.339 e. The lowest BCUT2D eigenvalue weighted by atomic mass is 10.2. The van der Waals surface area contributed by atoms with E-state index in [0.29, 0.717) is 12.2 Å². The van der Waals surface area contributed by atoms with Crippen molar-refractivity contribution in [3.8, 4) is 0 Å². The molecule has 84 valence electrons. The summed E-state index contributed by atoms with van der Waals surface area (Å²) >= 11 is 0. The van der Waals surface area contributed by atoms with Crippen molar-refractivity contribution in [3.63, 3.8) is 0 Å². The molecule has 0 aromatic carbocycles. The first-order valence-electron chi connectivity index (χ1n) is 5.54. The zero-order valence-corrected chi connectivity index (χ0v) is 9.72. The van der Waals surface area contributed by atoms with Crippen LogP contribution in [0.5, 0.6) is 0 Å². The Hall–Kier alpha value is -1.25. The second-order valence-electron chi connectivity index (χ2n) is 3.66. The Morgan fingerprint density at radius 2 is 2.20 bits per heavy atom. The van der Waals surface area contributed by atoms with Crippen LogP contribution < -0.4 is 0 Å². The van der Waals surface area contributed by atoms with Crippen molar-refractivity contribution in [2.75, 3.05) is 6.61 Å². The first-order valence-corrected chi connectivity index (χ1v) is 5.54. The topological polar surface area (TPSA) is 42.1 Å². The minimum absolute atomic E-state index is 0.228. The SMILES string of the molecule is CCCCc1cc(C(=O)OCC)c(C)[nH]1. The molecule has 0 unspecified atom stereocenters. The van der Waals surface area contributed by atoms with E-state index in [1.165, 1.54) is 0 Å². The van der Waals surface area contributed by atoms with E-state index < -0.39 is 0 Å². The van der Waals surface area contributed by atoms with Crippen molar-refractivity contribution in [3.05, 3.63) is 23.0 Å². The highest BCUT2D eigenvalue weighted by Gasteiger charge is 2.12. The van der Waals surface area contributed by atoms with Crippen LogP contribution in [0.25, 0.3) is 0 Å². The summed E-state index contributed by atoms with van der Waals surface area (Å²) in [6.07, 6.45) is 3.30. The van der Waals surface area contributed by atoms with E-state index in [-0.39, 0.29) is 5.97 Å². The zero-order chi connectivity index (χ0) is 11.3. The molecule has 1 heterocycles. The van der Waals surface area contributed by atoms with E-state index in [0.717, 1.165) is 30.7 Å². The lowest BCUT2D eigenvalue weighted by molar-refractivity contribution is 0.0525. The average Bonchev–Trinajstić information content (AvgIpc) is 2.57. The van der Waals surface area contributed by atoms with Crippen LogP contribution >= 0.6 is 0 Å². The van der Waals surface area contributed by atoms with Crippen LogP contribution in [-0.4, -0.2) is 17.6 Å². The molecular formula is C12H19NO2. The number of hydrogen-bond donors (Lipinski definition) is 1. The first-order chi connectivity index (χ1) is 7.19. The highest BCUT2D eigenvalue weighted by Crippen LogP contribution is 2.13. The number of nitrogens with one attached hydrogen (secondary N) is 1. The number of carbonyl (C=O) groups is 1. The third kappa shape index (κ3) is 3.11. The third-order valence-electron chi connectivity index (χ3n) is 2.37. The average molecular weight is 209 g/mol. The Kier molecular flexibility index (Phi) is 4.40. The number of esters is 1. The number of H-pyrrole nitrogens is 1. The number of hydrogen-bond acceptors (Lipinski definition) is 2.